The number of carbonyl (C=O) groups is 1. The Hall–Kier alpha value is -1.99. The quantitative estimate of drug-likeness (QED) is 0.792. The smallest absolute Gasteiger partial charge is 0.261 e. The normalized spacial score (nSPS) is 11.2. The van der Waals surface area contributed by atoms with Crippen LogP contribution in [0.5, 0.6) is 0 Å². The first-order valence-electron chi connectivity index (χ1n) is 7.29. The molecule has 128 valence electrons. The van der Waals surface area contributed by atoms with Crippen molar-refractivity contribution in [1.29, 1.82) is 0 Å². The van der Waals surface area contributed by atoms with Gasteiger partial charge in [0.25, 0.3) is 10.0 Å². The number of hydrogen-bond donors (Lipinski definition) is 2. The van der Waals surface area contributed by atoms with E-state index in [4.69, 9.17) is 0 Å². The van der Waals surface area contributed by atoms with Crippen LogP contribution in [0.3, 0.4) is 0 Å². The Morgan fingerprint density at radius 3 is 2.25 bits per heavy atom. The van der Waals surface area contributed by atoms with Gasteiger partial charge >= 0.3 is 0 Å². The third kappa shape index (κ3) is 4.10. The van der Waals surface area contributed by atoms with Crippen molar-refractivity contribution < 1.29 is 13.2 Å². The maximum Gasteiger partial charge on any atom is 0.261 e. The lowest BCUT2D eigenvalue weighted by Crippen LogP contribution is -2.15. The van der Waals surface area contributed by atoms with Gasteiger partial charge in [0.15, 0.2) is 0 Å². The highest BCUT2D eigenvalue weighted by Crippen LogP contribution is 2.30. The van der Waals surface area contributed by atoms with Crippen LogP contribution in [0.4, 0.5) is 11.4 Å². The summed E-state index contributed by atoms with van der Waals surface area (Å²) in [6, 6.07) is 10.3. The number of rotatable bonds is 5. The van der Waals surface area contributed by atoms with Gasteiger partial charge in [-0.25, -0.2) is 8.42 Å². The van der Waals surface area contributed by atoms with Crippen LogP contribution >= 0.6 is 11.8 Å². The molecule has 5 nitrogen and oxygen atoms in total. The highest BCUT2D eigenvalue weighted by molar-refractivity contribution is 7.98. The van der Waals surface area contributed by atoms with Gasteiger partial charge in [0, 0.05) is 11.8 Å². The number of aryl methyl sites for hydroxylation is 2. The lowest BCUT2D eigenvalue weighted by molar-refractivity contribution is -0.114. The Morgan fingerprint density at radius 2 is 1.71 bits per heavy atom. The molecule has 0 bridgehead atoms. The van der Waals surface area contributed by atoms with Gasteiger partial charge in [-0.3, -0.25) is 9.52 Å². The van der Waals surface area contributed by atoms with E-state index < -0.39 is 10.0 Å². The van der Waals surface area contributed by atoms with Crippen LogP contribution in [0, 0.1) is 13.8 Å². The molecular weight excluding hydrogens is 344 g/mol. The molecule has 0 unspecified atom stereocenters. The molecule has 2 rings (SSSR count). The first kappa shape index (κ1) is 18.4. The minimum atomic E-state index is -3.75. The molecule has 0 radical (unpaired) electrons. The van der Waals surface area contributed by atoms with Gasteiger partial charge in [0.1, 0.15) is 0 Å². The molecule has 0 heterocycles. The minimum absolute atomic E-state index is 0.103. The summed E-state index contributed by atoms with van der Waals surface area (Å²) in [5, 5.41) is 2.67. The SMILES string of the molecule is CSc1ccc(S(=O)(=O)Nc2c(C)cccc2C)cc1NC(C)=O. The monoisotopic (exact) mass is 364 g/mol. The minimum Gasteiger partial charge on any atom is -0.325 e. The predicted molar refractivity (Wildman–Crippen MR) is 99.3 cm³/mol. The predicted octanol–water partition coefficient (Wildman–Crippen LogP) is 3.78. The molecule has 24 heavy (non-hydrogen) atoms. The summed E-state index contributed by atoms with van der Waals surface area (Å²) in [5.74, 6) is -0.248. The topological polar surface area (TPSA) is 75.3 Å². The number of carbonyl (C=O) groups excluding carboxylic acids is 1. The molecular formula is C17H20N2O3S2. The number of sulfonamides is 1. The van der Waals surface area contributed by atoms with Gasteiger partial charge in [-0.2, -0.15) is 0 Å². The molecule has 0 fully saturated rings. The summed E-state index contributed by atoms with van der Waals surface area (Å²) in [4.78, 5) is 12.2. The van der Waals surface area contributed by atoms with Crippen molar-refractivity contribution in [3.05, 3.63) is 47.5 Å². The second kappa shape index (κ2) is 7.27. The lowest BCUT2D eigenvalue weighted by Gasteiger charge is -2.15. The average Bonchev–Trinajstić information content (AvgIpc) is 2.50. The van der Waals surface area contributed by atoms with Crippen LogP contribution in [0.1, 0.15) is 18.1 Å². The Morgan fingerprint density at radius 1 is 1.08 bits per heavy atom. The molecule has 1 amide bonds. The molecule has 2 aromatic carbocycles. The summed E-state index contributed by atoms with van der Waals surface area (Å²) in [6.07, 6.45) is 1.86. The van der Waals surface area contributed by atoms with E-state index in [2.05, 4.69) is 10.0 Å². The van der Waals surface area contributed by atoms with Crippen molar-refractivity contribution in [3.63, 3.8) is 0 Å². The van der Waals surface area contributed by atoms with Crippen LogP contribution in [-0.4, -0.2) is 20.6 Å². The number of amides is 1. The number of para-hydroxylation sites is 1. The van der Waals surface area contributed by atoms with Gasteiger partial charge in [-0.15, -0.1) is 11.8 Å². The van der Waals surface area contributed by atoms with Gasteiger partial charge in [0.05, 0.1) is 16.3 Å². The summed E-state index contributed by atoms with van der Waals surface area (Å²) in [5.41, 5.74) is 2.76. The summed E-state index contributed by atoms with van der Waals surface area (Å²) >= 11 is 1.44. The molecule has 0 aliphatic heterocycles. The standard InChI is InChI=1S/C17H20N2O3S2/c1-11-6-5-7-12(2)17(11)19-24(21,22)14-8-9-16(23-4)15(10-14)18-13(3)20/h5-10,19H,1-4H3,(H,18,20). The molecule has 0 spiro atoms. The molecule has 7 heteroatoms. The molecule has 0 aromatic heterocycles. The van der Waals surface area contributed by atoms with E-state index in [0.717, 1.165) is 16.0 Å². The van der Waals surface area contributed by atoms with E-state index in [1.54, 1.807) is 6.07 Å². The van der Waals surface area contributed by atoms with Crippen molar-refractivity contribution >= 4 is 39.1 Å². The average molecular weight is 364 g/mol. The maximum atomic E-state index is 12.7. The molecule has 0 saturated carbocycles. The lowest BCUT2D eigenvalue weighted by atomic mass is 10.1. The fourth-order valence-corrected chi connectivity index (χ4v) is 4.07. The van der Waals surface area contributed by atoms with Crippen LogP contribution < -0.4 is 10.0 Å². The Balaban J connectivity index is 2.44. The van der Waals surface area contributed by atoms with E-state index in [0.29, 0.717) is 11.4 Å². The van der Waals surface area contributed by atoms with Gasteiger partial charge < -0.3 is 5.32 Å². The molecule has 0 aliphatic carbocycles. The fourth-order valence-electron chi connectivity index (χ4n) is 2.31. The van der Waals surface area contributed by atoms with Gasteiger partial charge in [-0.05, 0) is 49.4 Å². The summed E-state index contributed by atoms with van der Waals surface area (Å²) in [7, 11) is -3.75. The highest BCUT2D eigenvalue weighted by atomic mass is 32.2. The number of hydrogen-bond acceptors (Lipinski definition) is 4. The van der Waals surface area contributed by atoms with Crippen LogP contribution in [-0.2, 0) is 14.8 Å². The molecule has 2 N–H and O–H groups in total. The summed E-state index contributed by atoms with van der Waals surface area (Å²) in [6.45, 7) is 5.09. The van der Waals surface area contributed by atoms with E-state index in [9.17, 15) is 13.2 Å². The fraction of sp³-hybridized carbons (Fsp3) is 0.235. The third-order valence-electron chi connectivity index (χ3n) is 3.51. The number of nitrogens with one attached hydrogen (secondary N) is 2. The summed E-state index contributed by atoms with van der Waals surface area (Å²) < 4.78 is 28.1. The Bertz CT molecular complexity index is 857. The van der Waals surface area contributed by atoms with Crippen molar-refractivity contribution in [1.82, 2.24) is 0 Å². The highest BCUT2D eigenvalue weighted by Gasteiger charge is 2.18. The van der Waals surface area contributed by atoms with Crippen LogP contribution in [0.15, 0.2) is 46.2 Å². The molecule has 0 aliphatic rings. The maximum absolute atomic E-state index is 12.7. The zero-order chi connectivity index (χ0) is 17.9. The van der Waals surface area contributed by atoms with E-state index in [1.165, 1.54) is 30.8 Å². The Kier molecular flexibility index (Phi) is 5.56. The van der Waals surface area contributed by atoms with Crippen molar-refractivity contribution in [2.75, 3.05) is 16.3 Å². The second-order valence-corrected chi connectivity index (χ2v) is 7.95. The zero-order valence-corrected chi connectivity index (χ0v) is 15.6. The van der Waals surface area contributed by atoms with E-state index in [1.807, 2.05) is 38.3 Å². The number of thioether (sulfide) groups is 1. The van der Waals surface area contributed by atoms with E-state index in [-0.39, 0.29) is 10.8 Å². The molecule has 2 aromatic rings. The van der Waals surface area contributed by atoms with Gasteiger partial charge in [-0.1, -0.05) is 18.2 Å². The first-order valence-corrected chi connectivity index (χ1v) is 10.00. The van der Waals surface area contributed by atoms with Crippen molar-refractivity contribution in [2.24, 2.45) is 0 Å². The van der Waals surface area contributed by atoms with E-state index >= 15 is 0 Å². The number of anilines is 2. The second-order valence-electron chi connectivity index (χ2n) is 5.42. The van der Waals surface area contributed by atoms with Crippen molar-refractivity contribution in [2.45, 2.75) is 30.6 Å². The third-order valence-corrected chi connectivity index (χ3v) is 5.65. The number of benzene rings is 2. The van der Waals surface area contributed by atoms with Crippen LogP contribution in [0.2, 0.25) is 0 Å². The molecule has 0 atom stereocenters. The van der Waals surface area contributed by atoms with Gasteiger partial charge in [0.2, 0.25) is 5.91 Å². The van der Waals surface area contributed by atoms with Crippen molar-refractivity contribution in [3.8, 4) is 0 Å². The Labute approximate surface area is 146 Å². The largest absolute Gasteiger partial charge is 0.325 e. The molecule has 0 saturated heterocycles. The zero-order valence-electron chi connectivity index (χ0n) is 14.0. The van der Waals surface area contributed by atoms with Crippen LogP contribution in [0.25, 0.3) is 0 Å². The first-order chi connectivity index (χ1) is 11.2.